The standard InChI is InChI=1S/C24H20FNO4.2C2H6/c25-20-9-15(13-26)7-19(11-20)21-10-16(8-18-5-6-29-24(18)21)14-30-22-4-2-1-3-17(22)12-23(27)28;2*1-2/h1-11H,12-14,26H2,(H,27,28);2*1-2H3. The summed E-state index contributed by atoms with van der Waals surface area (Å²) in [6.45, 7) is 8.46. The molecule has 0 atom stereocenters. The number of nitrogens with two attached hydrogens (primary N) is 1. The molecule has 0 saturated carbocycles. The Bertz CT molecular complexity index is 1220. The van der Waals surface area contributed by atoms with Gasteiger partial charge in [-0.2, -0.15) is 0 Å². The van der Waals surface area contributed by atoms with Crippen LogP contribution in [-0.2, 0) is 24.4 Å². The van der Waals surface area contributed by atoms with Crippen molar-refractivity contribution < 1.29 is 23.4 Å². The first-order valence-corrected chi connectivity index (χ1v) is 11.5. The highest BCUT2D eigenvalue weighted by Gasteiger charge is 2.13. The fourth-order valence-electron chi connectivity index (χ4n) is 3.48. The van der Waals surface area contributed by atoms with Gasteiger partial charge in [-0.15, -0.1) is 0 Å². The molecule has 0 spiro atoms. The van der Waals surface area contributed by atoms with Crippen LogP contribution < -0.4 is 10.5 Å². The lowest BCUT2D eigenvalue weighted by molar-refractivity contribution is -0.136. The van der Waals surface area contributed by atoms with E-state index < -0.39 is 5.97 Å². The van der Waals surface area contributed by atoms with Gasteiger partial charge in [0, 0.05) is 23.1 Å². The number of carbonyl (C=O) groups is 1. The number of rotatable bonds is 7. The quantitative estimate of drug-likeness (QED) is 0.308. The van der Waals surface area contributed by atoms with Gasteiger partial charge >= 0.3 is 5.97 Å². The molecule has 0 unspecified atom stereocenters. The van der Waals surface area contributed by atoms with E-state index in [9.17, 15) is 9.18 Å². The third-order valence-corrected chi connectivity index (χ3v) is 4.82. The van der Waals surface area contributed by atoms with E-state index >= 15 is 0 Å². The van der Waals surface area contributed by atoms with Crippen molar-refractivity contribution in [1.82, 2.24) is 0 Å². The van der Waals surface area contributed by atoms with Crippen molar-refractivity contribution in [3.05, 3.63) is 89.4 Å². The van der Waals surface area contributed by atoms with Gasteiger partial charge in [-0.25, -0.2) is 4.39 Å². The fourth-order valence-corrected chi connectivity index (χ4v) is 3.48. The molecule has 5 nitrogen and oxygen atoms in total. The van der Waals surface area contributed by atoms with Crippen LogP contribution in [0.3, 0.4) is 0 Å². The van der Waals surface area contributed by atoms with E-state index in [0.717, 1.165) is 16.5 Å². The van der Waals surface area contributed by atoms with Gasteiger partial charge < -0.3 is 20.0 Å². The maximum atomic E-state index is 14.1. The molecule has 4 aromatic rings. The highest BCUT2D eigenvalue weighted by Crippen LogP contribution is 2.33. The lowest BCUT2D eigenvalue weighted by Gasteiger charge is -2.12. The molecule has 1 heterocycles. The second-order valence-corrected chi connectivity index (χ2v) is 7.00. The summed E-state index contributed by atoms with van der Waals surface area (Å²) < 4.78 is 25.6. The van der Waals surface area contributed by atoms with Gasteiger partial charge in [0.1, 0.15) is 23.8 Å². The number of halogens is 1. The summed E-state index contributed by atoms with van der Waals surface area (Å²) in [6.07, 6.45) is 1.47. The van der Waals surface area contributed by atoms with Crippen LogP contribution in [0.1, 0.15) is 44.4 Å². The minimum atomic E-state index is -0.921. The molecule has 0 aliphatic rings. The molecule has 0 fully saturated rings. The number of hydrogen-bond acceptors (Lipinski definition) is 4. The topological polar surface area (TPSA) is 85.7 Å². The molecule has 0 amide bonds. The summed E-state index contributed by atoms with van der Waals surface area (Å²) in [5, 5.41) is 9.96. The Hall–Kier alpha value is -3.64. The molecule has 0 saturated heterocycles. The van der Waals surface area contributed by atoms with Crippen molar-refractivity contribution in [1.29, 1.82) is 0 Å². The van der Waals surface area contributed by atoms with Crippen LogP contribution in [-0.4, -0.2) is 11.1 Å². The number of para-hydroxylation sites is 1. The van der Waals surface area contributed by atoms with Gasteiger partial charge in [0.15, 0.2) is 0 Å². The van der Waals surface area contributed by atoms with Crippen LogP contribution in [0.15, 0.2) is 71.3 Å². The Kier molecular flexibility index (Phi) is 10.3. The Balaban J connectivity index is 0.000000970. The van der Waals surface area contributed by atoms with Crippen LogP contribution >= 0.6 is 0 Å². The molecule has 34 heavy (non-hydrogen) atoms. The van der Waals surface area contributed by atoms with Crippen molar-refractivity contribution in [2.24, 2.45) is 5.73 Å². The van der Waals surface area contributed by atoms with Gasteiger partial charge in [-0.1, -0.05) is 45.9 Å². The van der Waals surface area contributed by atoms with Crippen LogP contribution in [0.5, 0.6) is 5.75 Å². The van der Waals surface area contributed by atoms with Crippen molar-refractivity contribution in [2.45, 2.75) is 47.3 Å². The summed E-state index contributed by atoms with van der Waals surface area (Å²) in [5.74, 6) is -0.767. The molecular weight excluding hydrogens is 433 g/mol. The maximum absolute atomic E-state index is 14.1. The zero-order valence-corrected chi connectivity index (χ0v) is 20.1. The van der Waals surface area contributed by atoms with Crippen molar-refractivity contribution >= 4 is 16.9 Å². The Labute approximate surface area is 200 Å². The second kappa shape index (κ2) is 13.2. The van der Waals surface area contributed by atoms with Crippen LogP contribution in [0.2, 0.25) is 0 Å². The smallest absolute Gasteiger partial charge is 0.307 e. The zero-order valence-electron chi connectivity index (χ0n) is 20.1. The lowest BCUT2D eigenvalue weighted by atomic mass is 9.98. The second-order valence-electron chi connectivity index (χ2n) is 7.00. The average molecular weight is 466 g/mol. The maximum Gasteiger partial charge on any atom is 0.307 e. The van der Waals surface area contributed by atoms with Crippen molar-refractivity contribution in [3.63, 3.8) is 0 Å². The Morgan fingerprint density at radius 3 is 2.44 bits per heavy atom. The molecule has 3 N–H and O–H groups in total. The minimum Gasteiger partial charge on any atom is -0.489 e. The van der Waals surface area contributed by atoms with Gasteiger partial charge in [-0.3, -0.25) is 4.79 Å². The molecule has 6 heteroatoms. The summed E-state index contributed by atoms with van der Waals surface area (Å²) in [5.41, 5.74) is 9.90. The van der Waals surface area contributed by atoms with E-state index in [1.165, 1.54) is 12.1 Å². The molecule has 180 valence electrons. The highest BCUT2D eigenvalue weighted by atomic mass is 19.1. The molecule has 0 radical (unpaired) electrons. The molecule has 0 aliphatic heterocycles. The van der Waals surface area contributed by atoms with E-state index in [-0.39, 0.29) is 25.4 Å². The van der Waals surface area contributed by atoms with Gasteiger partial charge in [-0.05, 0) is 59.2 Å². The summed E-state index contributed by atoms with van der Waals surface area (Å²) >= 11 is 0. The number of fused-ring (bicyclic) bond motifs is 1. The molecule has 3 aromatic carbocycles. The van der Waals surface area contributed by atoms with Gasteiger partial charge in [0.2, 0.25) is 0 Å². The molecule has 0 aliphatic carbocycles. The SMILES string of the molecule is CC.CC.NCc1cc(F)cc(-c2cc(COc3ccccc3CC(=O)O)cc3ccoc23)c1. The largest absolute Gasteiger partial charge is 0.489 e. The lowest BCUT2D eigenvalue weighted by Crippen LogP contribution is -2.04. The van der Waals surface area contributed by atoms with Crippen molar-refractivity contribution in [3.8, 4) is 16.9 Å². The first-order valence-electron chi connectivity index (χ1n) is 11.5. The summed E-state index contributed by atoms with van der Waals surface area (Å²) in [4.78, 5) is 11.1. The normalized spacial score (nSPS) is 10.1. The third-order valence-electron chi connectivity index (χ3n) is 4.82. The predicted molar refractivity (Wildman–Crippen MR) is 134 cm³/mol. The molecule has 1 aromatic heterocycles. The zero-order chi connectivity index (χ0) is 25.1. The minimum absolute atomic E-state index is 0.118. The van der Waals surface area contributed by atoms with Crippen LogP contribution in [0, 0.1) is 5.82 Å². The number of aliphatic carboxylic acids is 1. The first-order chi connectivity index (χ1) is 16.5. The summed E-state index contributed by atoms with van der Waals surface area (Å²) in [6, 6.07) is 17.4. The number of carboxylic acids is 1. The number of furan rings is 1. The highest BCUT2D eigenvalue weighted by molar-refractivity contribution is 5.93. The van der Waals surface area contributed by atoms with Gasteiger partial charge in [0.05, 0.1) is 12.7 Å². The molecular formula is C28H32FNO4. The predicted octanol–water partition coefficient (Wildman–Crippen LogP) is 6.96. The van der Waals surface area contributed by atoms with Crippen LogP contribution in [0.4, 0.5) is 4.39 Å². The van der Waals surface area contributed by atoms with E-state index in [1.807, 2.05) is 52.0 Å². The van der Waals surface area contributed by atoms with Crippen molar-refractivity contribution in [2.75, 3.05) is 0 Å². The van der Waals surface area contributed by atoms with E-state index in [4.69, 9.17) is 20.0 Å². The molecule has 4 rings (SSSR count). The number of benzene rings is 3. The van der Waals surface area contributed by atoms with Crippen LogP contribution in [0.25, 0.3) is 22.1 Å². The van der Waals surface area contributed by atoms with E-state index in [1.54, 1.807) is 30.5 Å². The summed E-state index contributed by atoms with van der Waals surface area (Å²) in [7, 11) is 0. The fraction of sp³-hybridized carbons (Fsp3) is 0.250. The Morgan fingerprint density at radius 2 is 1.74 bits per heavy atom. The Morgan fingerprint density at radius 1 is 1.00 bits per heavy atom. The average Bonchev–Trinajstić information content (AvgIpc) is 3.33. The number of ether oxygens (including phenoxy) is 1. The third kappa shape index (κ3) is 6.68. The number of hydrogen-bond donors (Lipinski definition) is 2. The monoisotopic (exact) mass is 465 g/mol. The van der Waals surface area contributed by atoms with E-state index in [0.29, 0.717) is 28.0 Å². The molecule has 0 bridgehead atoms. The van der Waals surface area contributed by atoms with E-state index in [2.05, 4.69) is 0 Å². The number of carboxylic acid groups (broad SMARTS) is 1. The first kappa shape index (κ1) is 26.6. The van der Waals surface area contributed by atoms with Gasteiger partial charge in [0.25, 0.3) is 0 Å².